The summed E-state index contributed by atoms with van der Waals surface area (Å²) in [7, 11) is 0. The van der Waals surface area contributed by atoms with Gasteiger partial charge in [-0.25, -0.2) is 0 Å². The maximum absolute atomic E-state index is 11.6. The first-order valence-corrected chi connectivity index (χ1v) is 7.11. The van der Waals surface area contributed by atoms with Crippen LogP contribution in [0, 0.1) is 0 Å². The Morgan fingerprint density at radius 1 is 1.00 bits per heavy atom. The van der Waals surface area contributed by atoms with Gasteiger partial charge in [0.05, 0.1) is 13.1 Å². The van der Waals surface area contributed by atoms with Crippen LogP contribution in [0.3, 0.4) is 0 Å². The van der Waals surface area contributed by atoms with E-state index in [9.17, 15) is 9.59 Å². The van der Waals surface area contributed by atoms with Crippen LogP contribution >= 0.6 is 0 Å². The molecule has 2 heterocycles. The summed E-state index contributed by atoms with van der Waals surface area (Å²) < 4.78 is 0. The molecule has 2 aliphatic heterocycles. The third-order valence-electron chi connectivity index (χ3n) is 4.00. The van der Waals surface area contributed by atoms with Gasteiger partial charge >= 0.3 is 0 Å². The van der Waals surface area contributed by atoms with E-state index >= 15 is 0 Å². The molecule has 2 fully saturated rings. The molecule has 5 nitrogen and oxygen atoms in total. The number of carbonyl (C=O) groups is 2. The predicted molar refractivity (Wildman–Crippen MR) is 76.6 cm³/mol. The van der Waals surface area contributed by atoms with Gasteiger partial charge in [-0.2, -0.15) is 0 Å². The van der Waals surface area contributed by atoms with Gasteiger partial charge < -0.3 is 10.2 Å². The highest BCUT2D eigenvalue weighted by atomic mass is 16.2. The smallest absolute Gasteiger partial charge is 0.246 e. The van der Waals surface area contributed by atoms with E-state index < -0.39 is 0 Å². The fourth-order valence-corrected chi connectivity index (χ4v) is 3.06. The highest BCUT2D eigenvalue weighted by Crippen LogP contribution is 2.33. The van der Waals surface area contributed by atoms with E-state index in [1.54, 1.807) is 0 Å². The number of nitrogens with zero attached hydrogens (tertiary/aromatic N) is 1. The fourth-order valence-electron chi connectivity index (χ4n) is 3.06. The van der Waals surface area contributed by atoms with Crippen molar-refractivity contribution in [3.05, 3.63) is 29.8 Å². The Morgan fingerprint density at radius 3 is 2.35 bits per heavy atom. The van der Waals surface area contributed by atoms with Crippen LogP contribution in [-0.4, -0.2) is 38.0 Å². The Bertz CT molecular complexity index is 508. The highest BCUT2D eigenvalue weighted by molar-refractivity contribution is 6.02. The van der Waals surface area contributed by atoms with Crippen LogP contribution in [0.5, 0.6) is 0 Å². The van der Waals surface area contributed by atoms with Gasteiger partial charge in [-0.05, 0) is 43.5 Å². The lowest BCUT2D eigenvalue weighted by Gasteiger charge is -2.32. The van der Waals surface area contributed by atoms with Crippen LogP contribution in [0.4, 0.5) is 5.69 Å². The standard InChI is InChI=1S/C15H19N3O2/c19-14-9-18(10-15(20)17-14)13-4-2-1-3-12(13)11-5-7-16-8-6-11/h1-4,11,16H,5-10H2,(H,17,19,20). The van der Waals surface area contributed by atoms with Crippen molar-refractivity contribution in [1.82, 2.24) is 10.6 Å². The van der Waals surface area contributed by atoms with Crippen molar-refractivity contribution in [2.45, 2.75) is 18.8 Å². The molecule has 3 rings (SSSR count). The number of benzene rings is 1. The van der Waals surface area contributed by atoms with Gasteiger partial charge in [0.25, 0.3) is 0 Å². The van der Waals surface area contributed by atoms with E-state index in [0.717, 1.165) is 31.6 Å². The van der Waals surface area contributed by atoms with Crippen molar-refractivity contribution >= 4 is 17.5 Å². The van der Waals surface area contributed by atoms with Gasteiger partial charge in [-0.3, -0.25) is 14.9 Å². The maximum Gasteiger partial charge on any atom is 0.246 e. The van der Waals surface area contributed by atoms with E-state index in [-0.39, 0.29) is 24.9 Å². The molecular formula is C15H19N3O2. The molecule has 0 unspecified atom stereocenters. The van der Waals surface area contributed by atoms with Gasteiger partial charge in [0.15, 0.2) is 0 Å². The number of rotatable bonds is 2. The maximum atomic E-state index is 11.6. The molecule has 5 heteroatoms. The first-order chi connectivity index (χ1) is 9.74. The predicted octanol–water partition coefficient (Wildman–Crippen LogP) is 0.616. The number of anilines is 1. The fraction of sp³-hybridized carbons (Fsp3) is 0.467. The summed E-state index contributed by atoms with van der Waals surface area (Å²) in [5.41, 5.74) is 2.29. The molecule has 0 bridgehead atoms. The zero-order valence-electron chi connectivity index (χ0n) is 11.4. The Morgan fingerprint density at radius 2 is 1.65 bits per heavy atom. The minimum Gasteiger partial charge on any atom is -0.353 e. The molecule has 0 aromatic heterocycles. The number of piperidine rings is 1. The largest absolute Gasteiger partial charge is 0.353 e. The molecule has 20 heavy (non-hydrogen) atoms. The Hall–Kier alpha value is -1.88. The normalized spacial score (nSPS) is 20.9. The molecule has 106 valence electrons. The van der Waals surface area contributed by atoms with Crippen LogP contribution < -0.4 is 15.5 Å². The molecule has 2 aliphatic rings. The summed E-state index contributed by atoms with van der Waals surface area (Å²) in [5, 5.41) is 5.71. The number of para-hydroxylation sites is 1. The summed E-state index contributed by atoms with van der Waals surface area (Å²) in [6.07, 6.45) is 2.20. The summed E-state index contributed by atoms with van der Waals surface area (Å²) >= 11 is 0. The van der Waals surface area contributed by atoms with Gasteiger partial charge in [-0.1, -0.05) is 18.2 Å². The van der Waals surface area contributed by atoms with Crippen molar-refractivity contribution < 1.29 is 9.59 Å². The second-order valence-electron chi connectivity index (χ2n) is 5.41. The molecule has 0 atom stereocenters. The molecule has 0 aliphatic carbocycles. The molecule has 0 saturated carbocycles. The van der Waals surface area contributed by atoms with Crippen molar-refractivity contribution in [2.24, 2.45) is 0 Å². The SMILES string of the molecule is O=C1CN(c2ccccc2C2CCNCC2)CC(=O)N1. The van der Waals surface area contributed by atoms with Crippen molar-refractivity contribution in [2.75, 3.05) is 31.1 Å². The van der Waals surface area contributed by atoms with Gasteiger partial charge in [0.2, 0.25) is 11.8 Å². The van der Waals surface area contributed by atoms with Crippen LogP contribution in [0.1, 0.15) is 24.3 Å². The van der Waals surface area contributed by atoms with E-state index in [0.29, 0.717) is 5.92 Å². The molecule has 2 N–H and O–H groups in total. The van der Waals surface area contributed by atoms with Crippen LogP contribution in [0.15, 0.2) is 24.3 Å². The average Bonchev–Trinajstić information content (AvgIpc) is 2.47. The molecule has 2 saturated heterocycles. The second kappa shape index (κ2) is 5.63. The molecule has 1 aromatic carbocycles. The lowest BCUT2D eigenvalue weighted by molar-refractivity contribution is -0.130. The Kier molecular flexibility index (Phi) is 3.69. The van der Waals surface area contributed by atoms with Crippen LogP contribution in [0.25, 0.3) is 0 Å². The minimum absolute atomic E-state index is 0.221. The Labute approximate surface area is 118 Å². The molecule has 1 aromatic rings. The molecule has 0 spiro atoms. The number of amides is 2. The number of piperazine rings is 1. The third-order valence-corrected chi connectivity index (χ3v) is 4.00. The summed E-state index contributed by atoms with van der Waals surface area (Å²) in [6, 6.07) is 8.15. The molecular weight excluding hydrogens is 254 g/mol. The van der Waals surface area contributed by atoms with E-state index in [2.05, 4.69) is 16.7 Å². The monoisotopic (exact) mass is 273 g/mol. The first-order valence-electron chi connectivity index (χ1n) is 7.11. The second-order valence-corrected chi connectivity index (χ2v) is 5.41. The number of hydrogen-bond acceptors (Lipinski definition) is 4. The third kappa shape index (κ3) is 2.67. The van der Waals surface area contributed by atoms with Gasteiger partial charge in [0, 0.05) is 5.69 Å². The van der Waals surface area contributed by atoms with Crippen molar-refractivity contribution in [1.29, 1.82) is 0 Å². The van der Waals surface area contributed by atoms with Crippen LogP contribution in [0.2, 0.25) is 0 Å². The Balaban J connectivity index is 1.88. The highest BCUT2D eigenvalue weighted by Gasteiger charge is 2.26. The average molecular weight is 273 g/mol. The van der Waals surface area contributed by atoms with Crippen LogP contribution in [-0.2, 0) is 9.59 Å². The summed E-state index contributed by atoms with van der Waals surface area (Å²) in [5.74, 6) is 0.0651. The quantitative estimate of drug-likeness (QED) is 0.775. The molecule has 0 radical (unpaired) electrons. The van der Waals surface area contributed by atoms with Gasteiger partial charge in [-0.15, -0.1) is 0 Å². The first kappa shape index (κ1) is 13.1. The van der Waals surface area contributed by atoms with E-state index in [1.165, 1.54) is 5.56 Å². The van der Waals surface area contributed by atoms with Gasteiger partial charge in [0.1, 0.15) is 0 Å². The number of hydrogen-bond donors (Lipinski definition) is 2. The topological polar surface area (TPSA) is 61.4 Å². The lowest BCUT2D eigenvalue weighted by Crippen LogP contribution is -2.51. The summed E-state index contributed by atoms with van der Waals surface area (Å²) in [4.78, 5) is 25.0. The number of carbonyl (C=O) groups excluding carboxylic acids is 2. The van der Waals surface area contributed by atoms with E-state index in [1.807, 2.05) is 23.1 Å². The zero-order chi connectivity index (χ0) is 13.9. The van der Waals surface area contributed by atoms with E-state index in [4.69, 9.17) is 0 Å². The number of nitrogens with one attached hydrogen (secondary N) is 2. The zero-order valence-corrected chi connectivity index (χ0v) is 11.4. The number of imide groups is 1. The summed E-state index contributed by atoms with van der Waals surface area (Å²) in [6.45, 7) is 2.57. The van der Waals surface area contributed by atoms with Crippen molar-refractivity contribution in [3.8, 4) is 0 Å². The minimum atomic E-state index is -0.221. The molecule has 2 amide bonds. The van der Waals surface area contributed by atoms with Crippen molar-refractivity contribution in [3.63, 3.8) is 0 Å². The lowest BCUT2D eigenvalue weighted by atomic mass is 9.88.